The molecule has 1 atom stereocenters. The summed E-state index contributed by atoms with van der Waals surface area (Å²) in [6.45, 7) is 4.40. The van der Waals surface area contributed by atoms with Crippen LogP contribution in [0.4, 0.5) is 5.69 Å². The normalized spacial score (nSPS) is 13.0. The average molecular weight is 308 g/mol. The molecular formula is C15H20N2O3S. The number of nitrogens with one attached hydrogen (secondary N) is 2. The van der Waals surface area contributed by atoms with Gasteiger partial charge in [0.1, 0.15) is 10.7 Å². The van der Waals surface area contributed by atoms with Crippen molar-refractivity contribution in [2.24, 2.45) is 0 Å². The van der Waals surface area contributed by atoms with Gasteiger partial charge < -0.3 is 9.73 Å². The fraction of sp³-hybridized carbons (Fsp3) is 0.333. The van der Waals surface area contributed by atoms with Crippen LogP contribution in [-0.2, 0) is 16.4 Å². The van der Waals surface area contributed by atoms with E-state index >= 15 is 0 Å². The number of para-hydroxylation sites is 1. The molecule has 1 heterocycles. The highest BCUT2D eigenvalue weighted by Crippen LogP contribution is 2.21. The molecule has 0 fully saturated rings. The van der Waals surface area contributed by atoms with Crippen LogP contribution >= 0.6 is 0 Å². The first-order chi connectivity index (χ1) is 10.0. The van der Waals surface area contributed by atoms with Gasteiger partial charge >= 0.3 is 0 Å². The van der Waals surface area contributed by atoms with Crippen LogP contribution in [0.3, 0.4) is 0 Å². The molecule has 21 heavy (non-hydrogen) atoms. The minimum absolute atomic E-state index is 0.254. The van der Waals surface area contributed by atoms with E-state index in [2.05, 4.69) is 10.0 Å². The van der Waals surface area contributed by atoms with E-state index in [0.29, 0.717) is 18.7 Å². The minimum Gasteiger partial charge on any atom is -0.469 e. The topological polar surface area (TPSA) is 71.3 Å². The van der Waals surface area contributed by atoms with Crippen LogP contribution in [0, 0.1) is 0 Å². The highest BCUT2D eigenvalue weighted by Gasteiger charge is 2.21. The molecule has 2 aromatic rings. The van der Waals surface area contributed by atoms with Crippen molar-refractivity contribution in [2.45, 2.75) is 31.2 Å². The highest BCUT2D eigenvalue weighted by molar-refractivity contribution is 7.89. The molecule has 1 aromatic heterocycles. The van der Waals surface area contributed by atoms with E-state index in [1.165, 1.54) is 0 Å². The summed E-state index contributed by atoms with van der Waals surface area (Å²) in [5.41, 5.74) is 0.609. The van der Waals surface area contributed by atoms with E-state index in [4.69, 9.17) is 4.42 Å². The lowest BCUT2D eigenvalue weighted by atomic mass is 10.2. The first-order valence-corrected chi connectivity index (χ1v) is 8.39. The Morgan fingerprint density at radius 1 is 1.19 bits per heavy atom. The van der Waals surface area contributed by atoms with Crippen LogP contribution in [0.2, 0.25) is 0 Å². The van der Waals surface area contributed by atoms with Crippen LogP contribution in [0.5, 0.6) is 0 Å². The summed E-state index contributed by atoms with van der Waals surface area (Å²) in [5.74, 6) is 0.755. The van der Waals surface area contributed by atoms with E-state index in [-0.39, 0.29) is 10.9 Å². The van der Waals surface area contributed by atoms with E-state index in [0.717, 1.165) is 5.76 Å². The third kappa shape index (κ3) is 4.09. The number of rotatable bonds is 7. The van der Waals surface area contributed by atoms with Crippen LogP contribution in [-0.4, -0.2) is 21.0 Å². The number of benzene rings is 1. The van der Waals surface area contributed by atoms with Crippen LogP contribution in [0.25, 0.3) is 0 Å². The van der Waals surface area contributed by atoms with Gasteiger partial charge in [0, 0.05) is 19.0 Å². The molecule has 0 saturated carbocycles. The Bertz CT molecular complexity index is 666. The van der Waals surface area contributed by atoms with Crippen molar-refractivity contribution in [3.05, 3.63) is 48.4 Å². The van der Waals surface area contributed by atoms with Gasteiger partial charge in [-0.05, 0) is 38.1 Å². The number of hydrogen-bond acceptors (Lipinski definition) is 4. The molecule has 5 nitrogen and oxygen atoms in total. The van der Waals surface area contributed by atoms with Crippen molar-refractivity contribution in [3.63, 3.8) is 0 Å². The Kier molecular flexibility index (Phi) is 5.03. The van der Waals surface area contributed by atoms with Gasteiger partial charge in [-0.25, -0.2) is 13.1 Å². The molecule has 2 rings (SSSR count). The van der Waals surface area contributed by atoms with Crippen molar-refractivity contribution in [1.29, 1.82) is 0 Å². The molecule has 114 valence electrons. The van der Waals surface area contributed by atoms with Gasteiger partial charge in [0.15, 0.2) is 0 Å². The maximum atomic E-state index is 12.5. The van der Waals surface area contributed by atoms with Gasteiger partial charge in [-0.1, -0.05) is 12.1 Å². The summed E-state index contributed by atoms with van der Waals surface area (Å²) in [4.78, 5) is 0.262. The van der Waals surface area contributed by atoms with Gasteiger partial charge in [-0.2, -0.15) is 0 Å². The van der Waals surface area contributed by atoms with Crippen LogP contribution < -0.4 is 10.0 Å². The van der Waals surface area contributed by atoms with Crippen molar-refractivity contribution in [3.8, 4) is 0 Å². The summed E-state index contributed by atoms with van der Waals surface area (Å²) < 4.78 is 32.9. The van der Waals surface area contributed by atoms with E-state index in [1.807, 2.05) is 26.0 Å². The number of sulfonamides is 1. The van der Waals surface area contributed by atoms with Crippen molar-refractivity contribution in [2.75, 3.05) is 11.9 Å². The van der Waals surface area contributed by atoms with Crippen molar-refractivity contribution in [1.82, 2.24) is 4.72 Å². The standard InChI is InChI=1S/C15H20N2O3S/c1-3-16-14-8-4-5-9-15(14)21(18,19)17-12(2)11-13-7-6-10-20-13/h4-10,12,16-17H,3,11H2,1-2H3. The number of anilines is 1. The first kappa shape index (κ1) is 15.6. The molecule has 0 bridgehead atoms. The molecule has 1 unspecified atom stereocenters. The smallest absolute Gasteiger partial charge is 0.242 e. The Labute approximate surface area is 125 Å². The third-order valence-electron chi connectivity index (χ3n) is 2.99. The summed E-state index contributed by atoms with van der Waals surface area (Å²) in [6.07, 6.45) is 2.09. The molecule has 0 aliphatic heterocycles. The second kappa shape index (κ2) is 6.78. The van der Waals surface area contributed by atoms with Gasteiger partial charge in [-0.3, -0.25) is 0 Å². The van der Waals surface area contributed by atoms with Crippen molar-refractivity contribution < 1.29 is 12.8 Å². The summed E-state index contributed by atoms with van der Waals surface area (Å²) >= 11 is 0. The molecule has 1 aromatic carbocycles. The fourth-order valence-electron chi connectivity index (χ4n) is 2.14. The van der Waals surface area contributed by atoms with Gasteiger partial charge in [0.2, 0.25) is 10.0 Å². The maximum absolute atomic E-state index is 12.5. The molecule has 6 heteroatoms. The summed E-state index contributed by atoms with van der Waals surface area (Å²) in [7, 11) is -3.57. The Balaban J connectivity index is 2.14. The molecule has 0 spiro atoms. The third-order valence-corrected chi connectivity index (χ3v) is 4.64. The predicted molar refractivity (Wildman–Crippen MR) is 82.8 cm³/mol. The minimum atomic E-state index is -3.57. The molecule has 0 aliphatic carbocycles. The zero-order valence-electron chi connectivity index (χ0n) is 12.2. The second-order valence-electron chi connectivity index (χ2n) is 4.83. The Hall–Kier alpha value is -1.79. The monoisotopic (exact) mass is 308 g/mol. The molecule has 0 radical (unpaired) electrons. The van der Waals surface area contributed by atoms with E-state index in [1.54, 1.807) is 30.5 Å². The van der Waals surface area contributed by atoms with Gasteiger partial charge in [0.05, 0.1) is 12.0 Å². The molecule has 0 aliphatic rings. The summed E-state index contributed by atoms with van der Waals surface area (Å²) in [5, 5.41) is 3.06. The lowest BCUT2D eigenvalue weighted by Crippen LogP contribution is -2.34. The van der Waals surface area contributed by atoms with Gasteiger partial charge in [0.25, 0.3) is 0 Å². The Morgan fingerprint density at radius 2 is 1.95 bits per heavy atom. The molecular weight excluding hydrogens is 288 g/mol. The van der Waals surface area contributed by atoms with Crippen molar-refractivity contribution >= 4 is 15.7 Å². The number of hydrogen-bond donors (Lipinski definition) is 2. The SMILES string of the molecule is CCNc1ccccc1S(=O)(=O)NC(C)Cc1ccco1. The van der Waals surface area contributed by atoms with E-state index < -0.39 is 10.0 Å². The predicted octanol–water partition coefficient (Wildman–Crippen LogP) is 2.62. The second-order valence-corrected chi connectivity index (χ2v) is 6.51. The first-order valence-electron chi connectivity index (χ1n) is 6.90. The maximum Gasteiger partial charge on any atom is 0.242 e. The fourth-order valence-corrected chi connectivity index (χ4v) is 3.57. The van der Waals surface area contributed by atoms with E-state index in [9.17, 15) is 8.42 Å². The number of furan rings is 1. The molecule has 0 amide bonds. The lowest BCUT2D eigenvalue weighted by molar-refractivity contribution is 0.479. The average Bonchev–Trinajstić information content (AvgIpc) is 2.91. The van der Waals surface area contributed by atoms with Gasteiger partial charge in [-0.15, -0.1) is 0 Å². The molecule has 2 N–H and O–H groups in total. The lowest BCUT2D eigenvalue weighted by Gasteiger charge is -2.16. The zero-order valence-corrected chi connectivity index (χ0v) is 13.0. The largest absolute Gasteiger partial charge is 0.469 e. The Morgan fingerprint density at radius 3 is 2.62 bits per heavy atom. The highest BCUT2D eigenvalue weighted by atomic mass is 32.2. The van der Waals surface area contributed by atoms with Crippen LogP contribution in [0.1, 0.15) is 19.6 Å². The summed E-state index contributed by atoms with van der Waals surface area (Å²) in [6, 6.07) is 10.2. The molecule has 0 saturated heterocycles. The quantitative estimate of drug-likeness (QED) is 0.825. The van der Waals surface area contributed by atoms with Crippen LogP contribution in [0.15, 0.2) is 52.0 Å². The zero-order chi connectivity index (χ0) is 15.3.